The Bertz CT molecular complexity index is 284. The van der Waals surface area contributed by atoms with Crippen LogP contribution in [0.4, 0.5) is 0 Å². The maximum Gasteiger partial charge on any atom is 0.224 e. The second kappa shape index (κ2) is 7.16. The second-order valence-electron chi connectivity index (χ2n) is 4.90. The second-order valence-corrected chi connectivity index (χ2v) is 6.05. The third kappa shape index (κ3) is 4.00. The number of thioether (sulfide) groups is 1. The van der Waals surface area contributed by atoms with Gasteiger partial charge in [-0.15, -0.1) is 6.58 Å². The summed E-state index contributed by atoms with van der Waals surface area (Å²) in [5, 5.41) is 3.43. The predicted octanol–water partition coefficient (Wildman–Crippen LogP) is 0.412. The van der Waals surface area contributed by atoms with Gasteiger partial charge in [-0.1, -0.05) is 6.08 Å². The smallest absolute Gasteiger partial charge is 0.224 e. The largest absolute Gasteiger partial charge is 0.340 e. The molecule has 2 aliphatic heterocycles. The highest BCUT2D eigenvalue weighted by Gasteiger charge is 2.23. The zero-order valence-corrected chi connectivity index (χ0v) is 11.8. The molecule has 4 nitrogen and oxygen atoms in total. The number of rotatable bonds is 4. The Morgan fingerprint density at radius 3 is 2.78 bits per heavy atom. The molecule has 102 valence electrons. The Morgan fingerprint density at radius 2 is 2.17 bits per heavy atom. The van der Waals surface area contributed by atoms with Crippen LogP contribution >= 0.6 is 11.8 Å². The fourth-order valence-electron chi connectivity index (χ4n) is 2.45. The lowest BCUT2D eigenvalue weighted by molar-refractivity contribution is -0.133. The molecule has 1 unspecified atom stereocenters. The van der Waals surface area contributed by atoms with Crippen LogP contribution in [-0.2, 0) is 4.79 Å². The van der Waals surface area contributed by atoms with Gasteiger partial charge in [-0.25, -0.2) is 0 Å². The van der Waals surface area contributed by atoms with E-state index in [-0.39, 0.29) is 0 Å². The van der Waals surface area contributed by atoms with Gasteiger partial charge in [-0.3, -0.25) is 9.69 Å². The first kappa shape index (κ1) is 13.9. The molecule has 5 heteroatoms. The van der Waals surface area contributed by atoms with Crippen molar-refractivity contribution in [3.05, 3.63) is 12.7 Å². The summed E-state index contributed by atoms with van der Waals surface area (Å²) in [5.41, 5.74) is 0. The number of carbonyl (C=O) groups is 1. The number of carbonyl (C=O) groups excluding carboxylic acids is 1. The molecule has 0 aromatic heterocycles. The first-order valence-corrected chi connectivity index (χ1v) is 7.87. The van der Waals surface area contributed by atoms with E-state index in [0.29, 0.717) is 18.4 Å². The van der Waals surface area contributed by atoms with Crippen LogP contribution in [0.1, 0.15) is 6.42 Å². The zero-order chi connectivity index (χ0) is 12.8. The van der Waals surface area contributed by atoms with Crippen molar-refractivity contribution in [2.75, 3.05) is 50.8 Å². The lowest BCUT2D eigenvalue weighted by atomic mass is 10.2. The molecule has 2 aliphatic rings. The average molecular weight is 269 g/mol. The molecule has 0 radical (unpaired) electrons. The van der Waals surface area contributed by atoms with Crippen LogP contribution in [-0.4, -0.2) is 72.5 Å². The molecule has 0 aliphatic carbocycles. The molecule has 1 amide bonds. The lowest BCUT2D eigenvalue weighted by Gasteiger charge is -2.35. The Labute approximate surface area is 114 Å². The normalized spacial score (nSPS) is 26.0. The van der Waals surface area contributed by atoms with Gasteiger partial charge in [0, 0.05) is 63.2 Å². The fraction of sp³-hybridized carbons (Fsp3) is 0.769. The molecule has 0 aromatic rings. The van der Waals surface area contributed by atoms with Crippen molar-refractivity contribution < 1.29 is 4.79 Å². The first-order chi connectivity index (χ1) is 8.79. The summed E-state index contributed by atoms with van der Waals surface area (Å²) in [6, 6.07) is 0.377. The summed E-state index contributed by atoms with van der Waals surface area (Å²) < 4.78 is 0. The van der Waals surface area contributed by atoms with Crippen molar-refractivity contribution in [1.82, 2.24) is 15.1 Å². The van der Waals surface area contributed by atoms with Crippen molar-refractivity contribution in [3.63, 3.8) is 0 Å². The van der Waals surface area contributed by atoms with Crippen LogP contribution in [0.2, 0.25) is 0 Å². The van der Waals surface area contributed by atoms with E-state index < -0.39 is 0 Å². The quantitative estimate of drug-likeness (QED) is 0.750. The summed E-state index contributed by atoms with van der Waals surface area (Å²) in [6.07, 6.45) is 2.59. The highest BCUT2D eigenvalue weighted by molar-refractivity contribution is 7.99. The van der Waals surface area contributed by atoms with E-state index in [1.165, 1.54) is 5.75 Å². The number of piperazine rings is 1. The van der Waals surface area contributed by atoms with Gasteiger partial charge in [0.05, 0.1) is 0 Å². The lowest BCUT2D eigenvalue weighted by Crippen LogP contribution is -2.50. The predicted molar refractivity (Wildman–Crippen MR) is 76.9 cm³/mol. The standard InChI is InChI=1S/C13H23N3OS/c1-2-4-15-5-7-16(8-6-15)13(17)10-12-11-18-9-3-14-12/h2,12,14H,1,3-11H2. The minimum Gasteiger partial charge on any atom is -0.340 e. The van der Waals surface area contributed by atoms with Gasteiger partial charge in [0.2, 0.25) is 5.91 Å². The van der Waals surface area contributed by atoms with Crippen LogP contribution in [0.3, 0.4) is 0 Å². The molecular weight excluding hydrogens is 246 g/mol. The van der Waals surface area contributed by atoms with Crippen molar-refractivity contribution >= 4 is 17.7 Å². The van der Waals surface area contributed by atoms with Gasteiger partial charge < -0.3 is 10.2 Å². The maximum atomic E-state index is 12.2. The van der Waals surface area contributed by atoms with Gasteiger partial charge in [0.1, 0.15) is 0 Å². The molecule has 0 saturated carbocycles. The summed E-state index contributed by atoms with van der Waals surface area (Å²) in [6.45, 7) is 9.41. The average Bonchev–Trinajstić information content (AvgIpc) is 2.41. The molecule has 1 atom stereocenters. The number of amides is 1. The number of nitrogens with one attached hydrogen (secondary N) is 1. The molecule has 2 fully saturated rings. The zero-order valence-electron chi connectivity index (χ0n) is 10.9. The number of hydrogen-bond acceptors (Lipinski definition) is 4. The van der Waals surface area contributed by atoms with Crippen LogP contribution in [0, 0.1) is 0 Å². The van der Waals surface area contributed by atoms with Gasteiger partial charge in [0.25, 0.3) is 0 Å². The maximum absolute atomic E-state index is 12.2. The first-order valence-electron chi connectivity index (χ1n) is 6.71. The summed E-state index contributed by atoms with van der Waals surface area (Å²) in [5.74, 6) is 2.56. The molecule has 0 bridgehead atoms. The Balaban J connectivity index is 1.71. The topological polar surface area (TPSA) is 35.6 Å². The van der Waals surface area contributed by atoms with E-state index in [9.17, 15) is 4.79 Å². The molecule has 0 aromatic carbocycles. The van der Waals surface area contributed by atoms with Crippen molar-refractivity contribution in [3.8, 4) is 0 Å². The fourth-order valence-corrected chi connectivity index (χ4v) is 3.40. The van der Waals surface area contributed by atoms with Crippen molar-refractivity contribution in [2.24, 2.45) is 0 Å². The van der Waals surface area contributed by atoms with E-state index in [2.05, 4.69) is 16.8 Å². The number of nitrogens with zero attached hydrogens (tertiary/aromatic N) is 2. The Morgan fingerprint density at radius 1 is 1.39 bits per heavy atom. The Kier molecular flexibility index (Phi) is 5.53. The number of hydrogen-bond donors (Lipinski definition) is 1. The van der Waals surface area contributed by atoms with E-state index >= 15 is 0 Å². The molecule has 1 N–H and O–H groups in total. The minimum absolute atomic E-state index is 0.313. The van der Waals surface area contributed by atoms with Gasteiger partial charge in [-0.2, -0.15) is 11.8 Å². The molecular formula is C13H23N3OS. The molecule has 2 rings (SSSR count). The Hall–Kier alpha value is -0.520. The van der Waals surface area contributed by atoms with Crippen LogP contribution in [0.15, 0.2) is 12.7 Å². The highest BCUT2D eigenvalue weighted by atomic mass is 32.2. The minimum atomic E-state index is 0.313. The highest BCUT2D eigenvalue weighted by Crippen LogP contribution is 2.12. The van der Waals surface area contributed by atoms with Crippen LogP contribution in [0.25, 0.3) is 0 Å². The van der Waals surface area contributed by atoms with Gasteiger partial charge in [-0.05, 0) is 0 Å². The molecule has 18 heavy (non-hydrogen) atoms. The summed E-state index contributed by atoms with van der Waals surface area (Å²) >= 11 is 1.95. The van der Waals surface area contributed by atoms with Crippen molar-refractivity contribution in [1.29, 1.82) is 0 Å². The molecule has 2 saturated heterocycles. The van der Waals surface area contributed by atoms with E-state index in [4.69, 9.17) is 0 Å². The van der Waals surface area contributed by atoms with E-state index in [0.717, 1.165) is 45.0 Å². The molecule has 2 heterocycles. The summed E-state index contributed by atoms with van der Waals surface area (Å²) in [7, 11) is 0. The van der Waals surface area contributed by atoms with E-state index in [1.54, 1.807) is 0 Å². The summed E-state index contributed by atoms with van der Waals surface area (Å²) in [4.78, 5) is 16.5. The van der Waals surface area contributed by atoms with Crippen molar-refractivity contribution in [2.45, 2.75) is 12.5 Å². The third-order valence-electron chi connectivity index (χ3n) is 3.53. The van der Waals surface area contributed by atoms with Gasteiger partial charge in [0.15, 0.2) is 0 Å². The van der Waals surface area contributed by atoms with Crippen LogP contribution in [0.5, 0.6) is 0 Å². The van der Waals surface area contributed by atoms with E-state index in [1.807, 2.05) is 22.7 Å². The third-order valence-corrected chi connectivity index (χ3v) is 4.66. The van der Waals surface area contributed by atoms with Crippen LogP contribution < -0.4 is 5.32 Å². The van der Waals surface area contributed by atoms with Gasteiger partial charge >= 0.3 is 0 Å². The molecule has 0 spiro atoms. The monoisotopic (exact) mass is 269 g/mol. The SMILES string of the molecule is C=CCN1CCN(C(=O)CC2CSCCN2)CC1.